The summed E-state index contributed by atoms with van der Waals surface area (Å²) in [5, 5.41) is 14.3. The highest BCUT2D eigenvalue weighted by Gasteiger charge is 2.29. The SMILES string of the molecule is N#Cc1c[nH]c(C(=O)NCC(NC(=O)CC[C@H]2CC[C@@H](C(N)=O)O2)c2ccccc2F)c1. The van der Waals surface area contributed by atoms with Crippen LogP contribution < -0.4 is 16.4 Å². The Morgan fingerprint density at radius 2 is 2.09 bits per heavy atom. The number of H-pyrrole nitrogens is 1. The summed E-state index contributed by atoms with van der Waals surface area (Å²) in [4.78, 5) is 38.8. The molecule has 168 valence electrons. The predicted octanol–water partition coefficient (Wildman–Crippen LogP) is 1.43. The molecule has 10 heteroatoms. The van der Waals surface area contributed by atoms with Crippen molar-refractivity contribution in [1.82, 2.24) is 15.6 Å². The van der Waals surface area contributed by atoms with E-state index in [9.17, 15) is 18.8 Å². The van der Waals surface area contributed by atoms with Crippen LogP contribution in [0.5, 0.6) is 0 Å². The maximum atomic E-state index is 14.4. The zero-order chi connectivity index (χ0) is 23.1. The highest BCUT2D eigenvalue weighted by Crippen LogP contribution is 2.23. The number of carbonyl (C=O) groups is 3. The number of aromatic nitrogens is 1. The number of aromatic amines is 1. The van der Waals surface area contributed by atoms with Crippen LogP contribution in [0.3, 0.4) is 0 Å². The number of halogens is 1. The fourth-order valence-corrected chi connectivity index (χ4v) is 3.56. The van der Waals surface area contributed by atoms with Gasteiger partial charge >= 0.3 is 0 Å². The molecule has 0 spiro atoms. The van der Waals surface area contributed by atoms with E-state index < -0.39 is 29.8 Å². The Bertz CT molecular complexity index is 1030. The lowest BCUT2D eigenvalue weighted by atomic mass is 10.0. The van der Waals surface area contributed by atoms with Crippen LogP contribution in [-0.2, 0) is 14.3 Å². The molecule has 3 amide bonds. The molecule has 5 N–H and O–H groups in total. The molecule has 0 radical (unpaired) electrons. The fraction of sp³-hybridized carbons (Fsp3) is 0.364. The number of nitrogens with two attached hydrogens (primary N) is 1. The van der Waals surface area contributed by atoms with Crippen molar-refractivity contribution in [2.24, 2.45) is 5.73 Å². The van der Waals surface area contributed by atoms with Gasteiger partial charge in [-0.25, -0.2) is 4.39 Å². The van der Waals surface area contributed by atoms with Crippen molar-refractivity contribution in [3.05, 3.63) is 59.2 Å². The Morgan fingerprint density at radius 3 is 2.75 bits per heavy atom. The van der Waals surface area contributed by atoms with Gasteiger partial charge in [0.15, 0.2) is 0 Å². The van der Waals surface area contributed by atoms with Gasteiger partial charge in [-0.3, -0.25) is 14.4 Å². The van der Waals surface area contributed by atoms with Gasteiger partial charge in [0.25, 0.3) is 5.91 Å². The third kappa shape index (κ3) is 5.92. The molecular weight excluding hydrogens is 417 g/mol. The van der Waals surface area contributed by atoms with Crippen molar-refractivity contribution in [2.45, 2.75) is 43.9 Å². The van der Waals surface area contributed by atoms with Crippen LogP contribution in [-0.4, -0.2) is 41.5 Å². The highest BCUT2D eigenvalue weighted by atomic mass is 19.1. The number of ether oxygens (including phenoxy) is 1. The summed E-state index contributed by atoms with van der Waals surface area (Å²) in [5.41, 5.74) is 5.96. The zero-order valence-corrected chi connectivity index (χ0v) is 17.3. The lowest BCUT2D eigenvalue weighted by Gasteiger charge is -2.21. The van der Waals surface area contributed by atoms with Crippen molar-refractivity contribution < 1.29 is 23.5 Å². The zero-order valence-electron chi connectivity index (χ0n) is 17.3. The number of nitrogens with one attached hydrogen (secondary N) is 3. The summed E-state index contributed by atoms with van der Waals surface area (Å²) in [5.74, 6) is -1.86. The molecule has 9 nitrogen and oxygen atoms in total. The Hall–Kier alpha value is -3.71. The van der Waals surface area contributed by atoms with Crippen LogP contribution in [0.15, 0.2) is 36.5 Å². The maximum Gasteiger partial charge on any atom is 0.267 e. The van der Waals surface area contributed by atoms with Gasteiger partial charge in [-0.1, -0.05) is 18.2 Å². The average Bonchev–Trinajstić information content (AvgIpc) is 3.45. The van der Waals surface area contributed by atoms with E-state index in [1.165, 1.54) is 30.5 Å². The van der Waals surface area contributed by atoms with E-state index in [4.69, 9.17) is 15.7 Å². The van der Waals surface area contributed by atoms with Crippen LogP contribution in [0.1, 0.15) is 53.3 Å². The molecule has 1 aromatic heterocycles. The first kappa shape index (κ1) is 23.0. The minimum Gasteiger partial charge on any atom is -0.367 e. The number of nitriles is 1. The summed E-state index contributed by atoms with van der Waals surface area (Å²) < 4.78 is 19.9. The number of amides is 3. The number of nitrogens with zero attached hydrogens (tertiary/aromatic N) is 1. The van der Waals surface area contributed by atoms with Gasteiger partial charge in [0.05, 0.1) is 17.7 Å². The molecule has 1 aliphatic heterocycles. The van der Waals surface area contributed by atoms with E-state index in [1.807, 2.05) is 6.07 Å². The van der Waals surface area contributed by atoms with E-state index in [1.54, 1.807) is 6.07 Å². The summed E-state index contributed by atoms with van der Waals surface area (Å²) in [7, 11) is 0. The Balaban J connectivity index is 1.60. The monoisotopic (exact) mass is 441 g/mol. The minimum atomic E-state index is -0.805. The van der Waals surface area contributed by atoms with Crippen molar-refractivity contribution in [1.29, 1.82) is 5.26 Å². The summed E-state index contributed by atoms with van der Waals surface area (Å²) in [6, 6.07) is 8.49. The van der Waals surface area contributed by atoms with Crippen LogP contribution in [0.4, 0.5) is 4.39 Å². The first-order chi connectivity index (χ1) is 15.4. The molecular formula is C22H24FN5O4. The fourth-order valence-electron chi connectivity index (χ4n) is 3.56. The number of hydrogen-bond donors (Lipinski definition) is 4. The molecule has 3 atom stereocenters. The van der Waals surface area contributed by atoms with Gasteiger partial charge in [0.1, 0.15) is 23.7 Å². The van der Waals surface area contributed by atoms with Gasteiger partial charge in [0.2, 0.25) is 11.8 Å². The second-order valence-electron chi connectivity index (χ2n) is 7.53. The number of primary amides is 1. The van der Waals surface area contributed by atoms with Crippen molar-refractivity contribution in [3.8, 4) is 6.07 Å². The average molecular weight is 441 g/mol. The summed E-state index contributed by atoms with van der Waals surface area (Å²) in [6.07, 6.45) is 2.19. The molecule has 1 fully saturated rings. The van der Waals surface area contributed by atoms with Crippen molar-refractivity contribution in [2.75, 3.05) is 6.54 Å². The van der Waals surface area contributed by atoms with Crippen molar-refractivity contribution in [3.63, 3.8) is 0 Å². The van der Waals surface area contributed by atoms with E-state index in [-0.39, 0.29) is 36.2 Å². The maximum absolute atomic E-state index is 14.4. The smallest absolute Gasteiger partial charge is 0.267 e. The second kappa shape index (κ2) is 10.5. The van der Waals surface area contributed by atoms with Gasteiger partial charge in [0, 0.05) is 24.7 Å². The molecule has 1 aromatic carbocycles. The quantitative estimate of drug-likeness (QED) is 0.464. The second-order valence-corrected chi connectivity index (χ2v) is 7.53. The van der Waals surface area contributed by atoms with Crippen LogP contribution in [0, 0.1) is 17.1 Å². The predicted molar refractivity (Wildman–Crippen MR) is 111 cm³/mol. The Morgan fingerprint density at radius 1 is 1.31 bits per heavy atom. The normalized spacial score (nSPS) is 18.5. The molecule has 1 saturated heterocycles. The molecule has 0 bridgehead atoms. The van der Waals surface area contributed by atoms with E-state index in [0.717, 1.165) is 0 Å². The Labute approximate surface area is 184 Å². The van der Waals surface area contributed by atoms with Crippen LogP contribution >= 0.6 is 0 Å². The minimum absolute atomic E-state index is 0.0594. The number of benzene rings is 1. The van der Waals surface area contributed by atoms with E-state index >= 15 is 0 Å². The van der Waals surface area contributed by atoms with Gasteiger partial charge in [-0.15, -0.1) is 0 Å². The third-order valence-corrected chi connectivity index (χ3v) is 5.26. The third-order valence-electron chi connectivity index (χ3n) is 5.26. The largest absolute Gasteiger partial charge is 0.367 e. The molecule has 3 rings (SSSR count). The highest BCUT2D eigenvalue weighted by molar-refractivity contribution is 5.92. The van der Waals surface area contributed by atoms with Crippen LogP contribution in [0.25, 0.3) is 0 Å². The van der Waals surface area contributed by atoms with E-state index in [2.05, 4.69) is 15.6 Å². The molecule has 2 heterocycles. The molecule has 0 aliphatic carbocycles. The van der Waals surface area contributed by atoms with Gasteiger partial charge in [-0.05, 0) is 31.4 Å². The van der Waals surface area contributed by atoms with Crippen molar-refractivity contribution >= 4 is 17.7 Å². The molecule has 1 aliphatic rings. The molecule has 0 saturated carbocycles. The lowest BCUT2D eigenvalue weighted by molar-refractivity contribution is -0.129. The summed E-state index contributed by atoms with van der Waals surface area (Å²) in [6.45, 7) is -0.0594. The van der Waals surface area contributed by atoms with Gasteiger partial charge in [-0.2, -0.15) is 5.26 Å². The Kier molecular flexibility index (Phi) is 7.57. The number of rotatable bonds is 9. The number of carbonyl (C=O) groups excluding carboxylic acids is 3. The molecule has 2 aromatic rings. The van der Waals surface area contributed by atoms with Crippen LogP contribution in [0.2, 0.25) is 0 Å². The molecule has 32 heavy (non-hydrogen) atoms. The topological polar surface area (TPSA) is 150 Å². The first-order valence-electron chi connectivity index (χ1n) is 10.2. The van der Waals surface area contributed by atoms with Gasteiger partial charge < -0.3 is 26.1 Å². The number of hydrogen-bond acceptors (Lipinski definition) is 5. The lowest BCUT2D eigenvalue weighted by Crippen LogP contribution is -2.38. The first-order valence-corrected chi connectivity index (χ1v) is 10.2. The standard InChI is InChI=1S/C22H24FN5O4/c23-16-4-2-1-3-15(16)18(12-27-22(31)17-9-13(10-24)11-26-17)28-20(29)8-6-14-5-7-19(32-14)21(25)30/h1-4,9,11,14,18-19,26H,5-8,12H2,(H2,25,30)(H,27,31)(H,28,29)/t14-,18?,19+/m1/s1. The molecule has 1 unspecified atom stereocenters. The summed E-state index contributed by atoms with van der Waals surface area (Å²) >= 11 is 0. The van der Waals surface area contributed by atoms with E-state index in [0.29, 0.717) is 24.8 Å².